The molecule has 0 saturated heterocycles. The van der Waals surface area contributed by atoms with Gasteiger partial charge in [-0.05, 0) is 47.2 Å². The lowest BCUT2D eigenvalue weighted by Crippen LogP contribution is -1.92. The van der Waals surface area contributed by atoms with Gasteiger partial charge in [0.15, 0.2) is 0 Å². The first-order valence-corrected chi connectivity index (χ1v) is 16.6. The van der Waals surface area contributed by atoms with Gasteiger partial charge in [-0.1, -0.05) is 115 Å². The van der Waals surface area contributed by atoms with Crippen molar-refractivity contribution in [2.75, 3.05) is 0 Å². The molecule has 3 nitrogen and oxygen atoms in total. The Kier molecular flexibility index (Phi) is 5.74. The van der Waals surface area contributed by atoms with Gasteiger partial charge in [0.2, 0.25) is 0 Å². The van der Waals surface area contributed by atoms with Gasteiger partial charge in [-0.25, -0.2) is 15.0 Å². The van der Waals surface area contributed by atoms with Crippen molar-refractivity contribution in [3.05, 3.63) is 152 Å². The highest BCUT2D eigenvalue weighted by atomic mass is 32.1. The van der Waals surface area contributed by atoms with Crippen molar-refractivity contribution in [1.29, 1.82) is 0 Å². The fraction of sp³-hybridized carbons (Fsp3) is 0. The number of hydrogen-bond acceptors (Lipinski definition) is 4. The average Bonchev–Trinajstić information content (AvgIpc) is 3.53. The van der Waals surface area contributed by atoms with Crippen LogP contribution in [0.25, 0.3) is 97.4 Å². The van der Waals surface area contributed by atoms with E-state index in [9.17, 15) is 0 Å². The molecular weight excluding hydrogens is 591 g/mol. The predicted molar refractivity (Wildman–Crippen MR) is 199 cm³/mol. The summed E-state index contributed by atoms with van der Waals surface area (Å²) >= 11 is 1.84. The second-order valence-corrected chi connectivity index (χ2v) is 13.0. The van der Waals surface area contributed by atoms with Crippen LogP contribution in [0.1, 0.15) is 0 Å². The molecule has 10 aromatic rings. The number of pyridine rings is 3. The number of hydrogen-bond donors (Lipinski definition) is 0. The smallest absolute Gasteiger partial charge is 0.0972 e. The summed E-state index contributed by atoms with van der Waals surface area (Å²) in [7, 11) is 0. The van der Waals surface area contributed by atoms with Gasteiger partial charge >= 0.3 is 0 Å². The van der Waals surface area contributed by atoms with E-state index in [1.54, 1.807) is 0 Å². The Bertz CT molecular complexity index is 2850. The van der Waals surface area contributed by atoms with E-state index in [4.69, 9.17) is 15.0 Å². The van der Waals surface area contributed by atoms with Gasteiger partial charge in [-0.15, -0.1) is 11.3 Å². The quantitative estimate of drug-likeness (QED) is 0.186. The standard InChI is InChI=1S/C43H25N3S/c1-2-8-26(9-3-1)36-22-18-27-16-17-28-19-23-38(46-42(28)41(27)45-36)32-14-7-11-29-30(32)12-6-13-31(29)37-25-21-35-39(44-37)24-20-34-33-10-4-5-15-40(33)47-43(34)35/h1-25H. The van der Waals surface area contributed by atoms with E-state index >= 15 is 0 Å². The van der Waals surface area contributed by atoms with Crippen LogP contribution in [-0.4, -0.2) is 15.0 Å². The van der Waals surface area contributed by atoms with Gasteiger partial charge in [0.05, 0.1) is 33.6 Å². The minimum Gasteiger partial charge on any atom is -0.248 e. The van der Waals surface area contributed by atoms with Gasteiger partial charge < -0.3 is 0 Å². The van der Waals surface area contributed by atoms with Crippen molar-refractivity contribution in [2.45, 2.75) is 0 Å². The Morgan fingerprint density at radius 3 is 1.70 bits per heavy atom. The van der Waals surface area contributed by atoms with Crippen molar-refractivity contribution in [3.8, 4) is 33.8 Å². The molecule has 0 aliphatic carbocycles. The molecule has 0 aliphatic rings. The highest BCUT2D eigenvalue weighted by Crippen LogP contribution is 2.40. The van der Waals surface area contributed by atoms with Gasteiger partial charge in [-0.2, -0.15) is 0 Å². The number of fused-ring (bicyclic) bond motifs is 9. The molecule has 4 aromatic heterocycles. The molecule has 4 heterocycles. The van der Waals surface area contributed by atoms with Crippen LogP contribution in [0.15, 0.2) is 152 Å². The molecule has 0 N–H and O–H groups in total. The number of benzene rings is 6. The Labute approximate surface area is 274 Å². The molecule has 47 heavy (non-hydrogen) atoms. The zero-order valence-corrected chi connectivity index (χ0v) is 26.0. The maximum absolute atomic E-state index is 5.27. The first kappa shape index (κ1) is 26.3. The third-order valence-corrected chi connectivity index (χ3v) is 10.5. The SMILES string of the molecule is c1ccc(-c2ccc3ccc4ccc(-c5cccc6c(-c7ccc8c(ccc9c%10ccccc%10sc89)n7)cccc56)nc4c3n2)cc1. The average molecular weight is 616 g/mol. The Hall–Kier alpha value is -5.97. The normalized spacial score (nSPS) is 11.8. The van der Waals surface area contributed by atoms with Gasteiger partial charge in [0.1, 0.15) is 0 Å². The van der Waals surface area contributed by atoms with E-state index in [0.29, 0.717) is 0 Å². The van der Waals surface area contributed by atoms with Crippen molar-refractivity contribution in [1.82, 2.24) is 15.0 Å². The molecule has 0 spiro atoms. The molecule has 0 unspecified atom stereocenters. The number of rotatable bonds is 3. The maximum atomic E-state index is 5.27. The lowest BCUT2D eigenvalue weighted by Gasteiger charge is -2.12. The summed E-state index contributed by atoms with van der Waals surface area (Å²) in [5.74, 6) is 0. The van der Waals surface area contributed by atoms with Crippen molar-refractivity contribution < 1.29 is 0 Å². The highest BCUT2D eigenvalue weighted by Gasteiger charge is 2.14. The minimum atomic E-state index is 0.912. The van der Waals surface area contributed by atoms with Crippen LogP contribution in [0, 0.1) is 0 Å². The van der Waals surface area contributed by atoms with E-state index in [0.717, 1.165) is 71.9 Å². The molecule has 0 radical (unpaired) electrons. The molecular formula is C43H25N3S. The van der Waals surface area contributed by atoms with Gasteiger partial charge in [0.25, 0.3) is 0 Å². The molecule has 0 fully saturated rings. The summed E-state index contributed by atoms with van der Waals surface area (Å²) in [6.45, 7) is 0. The second kappa shape index (κ2) is 10.3. The van der Waals surface area contributed by atoms with E-state index < -0.39 is 0 Å². The summed E-state index contributed by atoms with van der Waals surface area (Å²) in [5, 5.41) is 8.27. The molecule has 0 amide bonds. The Morgan fingerprint density at radius 1 is 0.362 bits per heavy atom. The molecule has 6 aromatic carbocycles. The second-order valence-electron chi connectivity index (χ2n) is 12.0. The van der Waals surface area contributed by atoms with Crippen LogP contribution >= 0.6 is 11.3 Å². The van der Waals surface area contributed by atoms with E-state index in [1.807, 2.05) is 29.5 Å². The molecule has 0 atom stereocenters. The summed E-state index contributed by atoms with van der Waals surface area (Å²) in [6, 6.07) is 53.5. The third-order valence-electron chi connectivity index (χ3n) is 9.27. The zero-order valence-electron chi connectivity index (χ0n) is 25.2. The largest absolute Gasteiger partial charge is 0.248 e. The molecule has 0 bridgehead atoms. The predicted octanol–water partition coefficient (Wildman–Crippen LogP) is 11.9. The van der Waals surface area contributed by atoms with Gasteiger partial charge in [-0.3, -0.25) is 0 Å². The van der Waals surface area contributed by atoms with Gasteiger partial charge in [0, 0.05) is 53.0 Å². The zero-order chi connectivity index (χ0) is 30.9. The summed E-state index contributed by atoms with van der Waals surface area (Å²) in [6.07, 6.45) is 0. The van der Waals surface area contributed by atoms with E-state index in [1.165, 1.54) is 25.6 Å². The van der Waals surface area contributed by atoms with Crippen LogP contribution < -0.4 is 0 Å². The fourth-order valence-corrected chi connectivity index (χ4v) is 8.21. The summed E-state index contributed by atoms with van der Waals surface area (Å²) in [5.41, 5.74) is 8.99. The van der Waals surface area contributed by atoms with Crippen molar-refractivity contribution in [2.24, 2.45) is 0 Å². The molecule has 10 rings (SSSR count). The third kappa shape index (κ3) is 4.16. The molecule has 0 aliphatic heterocycles. The summed E-state index contributed by atoms with van der Waals surface area (Å²) < 4.78 is 2.60. The van der Waals surface area contributed by atoms with Crippen LogP contribution in [0.4, 0.5) is 0 Å². The molecule has 218 valence electrons. The van der Waals surface area contributed by atoms with Crippen molar-refractivity contribution >= 4 is 75.0 Å². The number of aromatic nitrogens is 3. The van der Waals surface area contributed by atoms with E-state index in [2.05, 4.69) is 133 Å². The van der Waals surface area contributed by atoms with Crippen LogP contribution in [-0.2, 0) is 0 Å². The van der Waals surface area contributed by atoms with Crippen LogP contribution in [0.5, 0.6) is 0 Å². The lowest BCUT2D eigenvalue weighted by atomic mass is 9.96. The first-order valence-electron chi connectivity index (χ1n) is 15.8. The first-order chi connectivity index (χ1) is 23.3. The van der Waals surface area contributed by atoms with Crippen LogP contribution in [0.3, 0.4) is 0 Å². The van der Waals surface area contributed by atoms with Crippen LogP contribution in [0.2, 0.25) is 0 Å². The fourth-order valence-electron chi connectivity index (χ4n) is 6.98. The molecule has 4 heteroatoms. The van der Waals surface area contributed by atoms with Crippen molar-refractivity contribution in [3.63, 3.8) is 0 Å². The van der Waals surface area contributed by atoms with E-state index in [-0.39, 0.29) is 0 Å². The monoisotopic (exact) mass is 615 g/mol. The summed E-state index contributed by atoms with van der Waals surface area (Å²) in [4.78, 5) is 15.6. The number of nitrogens with zero attached hydrogens (tertiary/aromatic N) is 3. The topological polar surface area (TPSA) is 38.7 Å². The lowest BCUT2D eigenvalue weighted by molar-refractivity contribution is 1.37. The highest BCUT2D eigenvalue weighted by molar-refractivity contribution is 7.26. The minimum absolute atomic E-state index is 0.912. The molecule has 0 saturated carbocycles. The maximum Gasteiger partial charge on any atom is 0.0972 e. The number of thiophene rings is 1. The Balaban J connectivity index is 1.12. The Morgan fingerprint density at radius 2 is 0.936 bits per heavy atom.